The number of hydrogen-bond acceptors (Lipinski definition) is 4. The van der Waals surface area contributed by atoms with Gasteiger partial charge in [0.15, 0.2) is 12.4 Å². The van der Waals surface area contributed by atoms with Crippen molar-refractivity contribution in [2.75, 3.05) is 5.32 Å². The molecule has 0 radical (unpaired) electrons. The van der Waals surface area contributed by atoms with E-state index in [0.29, 0.717) is 6.29 Å². The smallest absolute Gasteiger partial charge is 0.335 e. The molecule has 3 rings (SSSR count). The number of aliphatic hydroxyl groups is 1. The van der Waals surface area contributed by atoms with E-state index in [4.69, 9.17) is 5.11 Å². The topological polar surface area (TPSA) is 104 Å². The Kier molecular flexibility index (Phi) is 5.76. The van der Waals surface area contributed by atoms with Gasteiger partial charge in [-0.3, -0.25) is 9.59 Å². The normalized spacial score (nSPS) is 17.4. The number of rotatable bonds is 5. The van der Waals surface area contributed by atoms with E-state index in [0.717, 1.165) is 42.2 Å². The van der Waals surface area contributed by atoms with Crippen LogP contribution in [0.1, 0.15) is 84.0 Å². The van der Waals surface area contributed by atoms with Gasteiger partial charge in [-0.05, 0) is 53.0 Å². The molecule has 0 bridgehead atoms. The molecule has 1 aliphatic carbocycles. The first kappa shape index (κ1) is 22.6. The molecule has 3 N–H and O–H groups in total. The number of carbonyl (C=O) groups excluding carboxylic acids is 2. The molecule has 0 unspecified atom stereocenters. The van der Waals surface area contributed by atoms with Gasteiger partial charge >= 0.3 is 5.97 Å². The first-order valence-electron chi connectivity index (χ1n) is 10.0. The van der Waals surface area contributed by atoms with Gasteiger partial charge in [0.25, 0.3) is 5.91 Å². The molecule has 7 heteroatoms. The predicted octanol–water partition coefficient (Wildman–Crippen LogP) is 4.36. The largest absolute Gasteiger partial charge is 0.478 e. The second-order valence-corrected chi connectivity index (χ2v) is 9.27. The zero-order chi connectivity index (χ0) is 23.1. The lowest BCUT2D eigenvalue weighted by molar-refractivity contribution is -0.124. The zero-order valence-corrected chi connectivity index (χ0v) is 18.0. The molecule has 2 aromatic rings. The minimum atomic E-state index is -1.70. The summed E-state index contributed by atoms with van der Waals surface area (Å²) in [6.45, 7) is 8.26. The van der Waals surface area contributed by atoms with E-state index in [1.165, 1.54) is 0 Å². The van der Waals surface area contributed by atoms with Crippen molar-refractivity contribution in [3.05, 3.63) is 64.0 Å². The molecule has 1 amide bonds. The third-order valence-corrected chi connectivity index (χ3v) is 6.19. The number of halogens is 1. The summed E-state index contributed by atoms with van der Waals surface area (Å²) in [6.07, 6.45) is 0.751. The number of anilines is 1. The minimum Gasteiger partial charge on any atom is -0.478 e. The molecule has 31 heavy (non-hydrogen) atoms. The number of aromatic carboxylic acids is 1. The van der Waals surface area contributed by atoms with E-state index in [1.807, 2.05) is 19.9 Å². The van der Waals surface area contributed by atoms with Crippen LogP contribution in [0.25, 0.3) is 0 Å². The molecule has 6 nitrogen and oxygen atoms in total. The molecule has 0 aromatic heterocycles. The van der Waals surface area contributed by atoms with Crippen LogP contribution in [0.5, 0.6) is 0 Å². The summed E-state index contributed by atoms with van der Waals surface area (Å²) in [7, 11) is 0. The van der Waals surface area contributed by atoms with Gasteiger partial charge in [-0.15, -0.1) is 0 Å². The Hall–Kier alpha value is -3.06. The van der Waals surface area contributed by atoms with Crippen LogP contribution in [0, 0.1) is 5.82 Å². The number of nitrogens with one attached hydrogen (secondary N) is 1. The quantitative estimate of drug-likeness (QED) is 0.615. The Bertz CT molecular complexity index is 1070. The Labute approximate surface area is 180 Å². The van der Waals surface area contributed by atoms with Crippen molar-refractivity contribution in [2.45, 2.75) is 57.5 Å². The number of carboxylic acids is 1. The molecular weight excluding hydrogens is 401 g/mol. The van der Waals surface area contributed by atoms with Crippen molar-refractivity contribution in [3.8, 4) is 0 Å². The van der Waals surface area contributed by atoms with Gasteiger partial charge in [0.05, 0.1) is 11.3 Å². The Balaban J connectivity index is 1.99. The third-order valence-electron chi connectivity index (χ3n) is 6.19. The molecule has 0 aliphatic heterocycles. The lowest BCUT2D eigenvalue weighted by Gasteiger charge is -2.43. The highest BCUT2D eigenvalue weighted by Crippen LogP contribution is 2.48. The zero-order valence-electron chi connectivity index (χ0n) is 18.0. The summed E-state index contributed by atoms with van der Waals surface area (Å²) < 4.78 is 14.2. The van der Waals surface area contributed by atoms with E-state index < -0.39 is 23.8 Å². The molecule has 1 aliphatic rings. The highest BCUT2D eigenvalue weighted by molar-refractivity contribution is 5.97. The van der Waals surface area contributed by atoms with Crippen LogP contribution in [0.15, 0.2) is 30.3 Å². The van der Waals surface area contributed by atoms with E-state index in [-0.39, 0.29) is 33.2 Å². The van der Waals surface area contributed by atoms with Gasteiger partial charge < -0.3 is 15.5 Å². The van der Waals surface area contributed by atoms with Gasteiger partial charge in [-0.1, -0.05) is 39.8 Å². The SMILES string of the molecule is CC1(C)CCC(C)(C)c2c1ccc([C@@H](O)C(=O)Nc1ccc(C(=O)O)cc1F)c2C=O. The van der Waals surface area contributed by atoms with Crippen LogP contribution in [-0.2, 0) is 15.6 Å². The summed E-state index contributed by atoms with van der Waals surface area (Å²) in [4.78, 5) is 35.7. The lowest BCUT2D eigenvalue weighted by Crippen LogP contribution is -2.36. The van der Waals surface area contributed by atoms with Gasteiger partial charge in [-0.25, -0.2) is 9.18 Å². The van der Waals surface area contributed by atoms with E-state index >= 15 is 0 Å². The van der Waals surface area contributed by atoms with Crippen LogP contribution in [-0.4, -0.2) is 28.4 Å². The van der Waals surface area contributed by atoms with Crippen molar-refractivity contribution in [1.82, 2.24) is 0 Å². The highest BCUT2D eigenvalue weighted by atomic mass is 19.1. The summed E-state index contributed by atoms with van der Waals surface area (Å²) in [5, 5.41) is 21.9. The average Bonchev–Trinajstić information content (AvgIpc) is 2.71. The fraction of sp³-hybridized carbons (Fsp3) is 0.375. The summed E-state index contributed by atoms with van der Waals surface area (Å²) in [6, 6.07) is 6.46. The number of fused-ring (bicyclic) bond motifs is 1. The Morgan fingerprint density at radius 1 is 1.10 bits per heavy atom. The first-order chi connectivity index (χ1) is 14.4. The van der Waals surface area contributed by atoms with E-state index in [1.54, 1.807) is 6.07 Å². The van der Waals surface area contributed by atoms with Crippen molar-refractivity contribution >= 4 is 23.9 Å². The van der Waals surface area contributed by atoms with Crippen LogP contribution in [0.4, 0.5) is 10.1 Å². The maximum atomic E-state index is 14.2. The molecule has 2 aromatic carbocycles. The van der Waals surface area contributed by atoms with Crippen LogP contribution in [0.2, 0.25) is 0 Å². The average molecular weight is 427 g/mol. The monoisotopic (exact) mass is 427 g/mol. The summed E-state index contributed by atoms with van der Waals surface area (Å²) in [5.74, 6) is -3.16. The second-order valence-electron chi connectivity index (χ2n) is 9.27. The molecule has 0 saturated heterocycles. The van der Waals surface area contributed by atoms with Gasteiger partial charge in [-0.2, -0.15) is 0 Å². The fourth-order valence-electron chi connectivity index (χ4n) is 4.27. The van der Waals surface area contributed by atoms with Gasteiger partial charge in [0, 0.05) is 11.1 Å². The standard InChI is InChI=1S/C24H26FNO5/c1-23(2)9-10-24(3,4)19-15(12-27)14(6-7-16(19)23)20(28)21(29)26-18-8-5-13(22(30)31)11-17(18)25/h5-8,11-12,20,28H,9-10H2,1-4H3,(H,26,29)(H,30,31)/t20-/m1/s1. The summed E-state index contributed by atoms with van der Waals surface area (Å²) >= 11 is 0. The lowest BCUT2D eigenvalue weighted by atomic mass is 9.61. The van der Waals surface area contributed by atoms with Gasteiger partial charge in [0.2, 0.25) is 0 Å². The van der Waals surface area contributed by atoms with Crippen molar-refractivity contribution in [2.24, 2.45) is 0 Å². The first-order valence-corrected chi connectivity index (χ1v) is 10.0. The van der Waals surface area contributed by atoms with Crippen molar-refractivity contribution in [1.29, 1.82) is 0 Å². The van der Waals surface area contributed by atoms with E-state index in [9.17, 15) is 23.9 Å². The number of carboxylic acid groups (broad SMARTS) is 1. The molecule has 0 heterocycles. The minimum absolute atomic E-state index is 0.149. The van der Waals surface area contributed by atoms with Crippen molar-refractivity contribution < 1.29 is 29.0 Å². The maximum absolute atomic E-state index is 14.2. The molecule has 0 fully saturated rings. The fourth-order valence-corrected chi connectivity index (χ4v) is 4.27. The molecule has 0 spiro atoms. The highest BCUT2D eigenvalue weighted by Gasteiger charge is 2.40. The predicted molar refractivity (Wildman–Crippen MR) is 114 cm³/mol. The van der Waals surface area contributed by atoms with Crippen LogP contribution >= 0.6 is 0 Å². The molecule has 164 valence electrons. The number of hydrogen-bond donors (Lipinski definition) is 3. The maximum Gasteiger partial charge on any atom is 0.335 e. The Morgan fingerprint density at radius 2 is 1.74 bits per heavy atom. The number of benzene rings is 2. The van der Waals surface area contributed by atoms with Gasteiger partial charge in [0.1, 0.15) is 5.82 Å². The second kappa shape index (κ2) is 7.89. The number of aliphatic hydroxyl groups excluding tert-OH is 1. The summed E-state index contributed by atoms with van der Waals surface area (Å²) in [5.41, 5.74) is 1.27. The Morgan fingerprint density at radius 3 is 2.32 bits per heavy atom. The number of aldehydes is 1. The van der Waals surface area contributed by atoms with Crippen LogP contribution < -0.4 is 5.32 Å². The van der Waals surface area contributed by atoms with Crippen molar-refractivity contribution in [3.63, 3.8) is 0 Å². The molecule has 0 saturated carbocycles. The third kappa shape index (κ3) is 4.10. The van der Waals surface area contributed by atoms with Crippen LogP contribution in [0.3, 0.4) is 0 Å². The van der Waals surface area contributed by atoms with E-state index in [2.05, 4.69) is 19.2 Å². The molecule has 1 atom stereocenters. The molecular formula is C24H26FNO5. The number of amides is 1. The number of carbonyl (C=O) groups is 3.